The van der Waals surface area contributed by atoms with Crippen molar-refractivity contribution in [3.05, 3.63) is 84.4 Å². The lowest BCUT2D eigenvalue weighted by molar-refractivity contribution is -0.114. The van der Waals surface area contributed by atoms with E-state index < -0.39 is 0 Å². The zero-order chi connectivity index (χ0) is 21.9. The van der Waals surface area contributed by atoms with E-state index in [1.165, 1.54) is 5.56 Å². The molecule has 0 heterocycles. The lowest BCUT2D eigenvalue weighted by Crippen LogP contribution is -2.22. The van der Waals surface area contributed by atoms with Gasteiger partial charge in [0.25, 0.3) is 0 Å². The number of rotatable bonds is 11. The number of hydrogen-bond donors (Lipinski definition) is 2. The second kappa shape index (κ2) is 11.6. The standard InChI is InChI=1S/C26H30N2O3/c1-20(2)31-25-13-7-6-12-24(25)28-26(29)19-27-22-14-16-23(17-15-22)30-18-8-11-21-9-4-3-5-10-21/h3-7,9-10,12-17,20,27H,8,11,18-19H2,1-2H3,(H,28,29). The number of carbonyl (C=O) groups is 1. The van der Waals surface area contributed by atoms with Gasteiger partial charge >= 0.3 is 0 Å². The molecule has 0 bridgehead atoms. The van der Waals surface area contributed by atoms with Crippen LogP contribution in [0.3, 0.4) is 0 Å². The van der Waals surface area contributed by atoms with Crippen LogP contribution in [0.4, 0.5) is 11.4 Å². The Labute approximate surface area is 184 Å². The van der Waals surface area contributed by atoms with Crippen molar-refractivity contribution < 1.29 is 14.3 Å². The van der Waals surface area contributed by atoms with Gasteiger partial charge in [0.05, 0.1) is 24.9 Å². The molecule has 3 rings (SSSR count). The van der Waals surface area contributed by atoms with E-state index in [1.54, 1.807) is 0 Å². The van der Waals surface area contributed by atoms with Gasteiger partial charge in [-0.05, 0) is 68.7 Å². The normalized spacial score (nSPS) is 10.5. The summed E-state index contributed by atoms with van der Waals surface area (Å²) >= 11 is 0. The Morgan fingerprint density at radius 2 is 1.61 bits per heavy atom. The SMILES string of the molecule is CC(C)Oc1ccccc1NC(=O)CNc1ccc(OCCCc2ccccc2)cc1. The molecule has 0 atom stereocenters. The molecular formula is C26H30N2O3. The van der Waals surface area contributed by atoms with Crippen molar-refractivity contribution >= 4 is 17.3 Å². The number of benzene rings is 3. The topological polar surface area (TPSA) is 59.6 Å². The van der Waals surface area contributed by atoms with Crippen LogP contribution in [0.15, 0.2) is 78.9 Å². The van der Waals surface area contributed by atoms with Crippen molar-refractivity contribution in [3.63, 3.8) is 0 Å². The van der Waals surface area contributed by atoms with Gasteiger partial charge in [0.15, 0.2) is 0 Å². The van der Waals surface area contributed by atoms with Gasteiger partial charge in [-0.2, -0.15) is 0 Å². The van der Waals surface area contributed by atoms with Gasteiger partial charge in [0.2, 0.25) is 5.91 Å². The van der Waals surface area contributed by atoms with E-state index in [-0.39, 0.29) is 18.6 Å². The maximum Gasteiger partial charge on any atom is 0.243 e. The first kappa shape index (κ1) is 22.2. The predicted molar refractivity (Wildman–Crippen MR) is 126 cm³/mol. The van der Waals surface area contributed by atoms with Crippen molar-refractivity contribution in [3.8, 4) is 11.5 Å². The van der Waals surface area contributed by atoms with Crippen LogP contribution in [-0.2, 0) is 11.2 Å². The number of ether oxygens (including phenoxy) is 2. The Bertz CT molecular complexity index is 940. The lowest BCUT2D eigenvalue weighted by atomic mass is 10.1. The quantitative estimate of drug-likeness (QED) is 0.402. The van der Waals surface area contributed by atoms with Gasteiger partial charge in [-0.1, -0.05) is 42.5 Å². The minimum atomic E-state index is -0.138. The predicted octanol–water partition coefficient (Wildman–Crippen LogP) is 5.54. The average molecular weight is 419 g/mol. The molecule has 3 aromatic carbocycles. The monoisotopic (exact) mass is 418 g/mol. The van der Waals surface area contributed by atoms with Gasteiger partial charge < -0.3 is 20.1 Å². The molecule has 0 aliphatic heterocycles. The zero-order valence-electron chi connectivity index (χ0n) is 18.1. The smallest absolute Gasteiger partial charge is 0.243 e. The molecule has 0 aliphatic rings. The van der Waals surface area contributed by atoms with Crippen molar-refractivity contribution in [2.45, 2.75) is 32.8 Å². The number of amides is 1. The number of anilines is 2. The van der Waals surface area contributed by atoms with Crippen molar-refractivity contribution in [2.24, 2.45) is 0 Å². The molecule has 0 aliphatic carbocycles. The number of carbonyl (C=O) groups excluding carboxylic acids is 1. The molecule has 1 amide bonds. The Hall–Kier alpha value is -3.47. The third-order valence-corrected chi connectivity index (χ3v) is 4.55. The van der Waals surface area contributed by atoms with E-state index in [4.69, 9.17) is 9.47 Å². The summed E-state index contributed by atoms with van der Waals surface area (Å²) < 4.78 is 11.5. The minimum Gasteiger partial charge on any atom is -0.494 e. The van der Waals surface area contributed by atoms with Crippen molar-refractivity contribution in [1.82, 2.24) is 0 Å². The van der Waals surface area contributed by atoms with Crippen LogP contribution in [0.25, 0.3) is 0 Å². The summed E-state index contributed by atoms with van der Waals surface area (Å²) in [5.74, 6) is 1.35. The third-order valence-electron chi connectivity index (χ3n) is 4.55. The van der Waals surface area contributed by atoms with E-state index >= 15 is 0 Å². The van der Waals surface area contributed by atoms with Gasteiger partial charge in [-0.3, -0.25) is 4.79 Å². The third kappa shape index (κ3) is 7.70. The van der Waals surface area contributed by atoms with Crippen LogP contribution in [-0.4, -0.2) is 25.2 Å². The minimum absolute atomic E-state index is 0.0373. The Kier molecular flexibility index (Phi) is 8.35. The summed E-state index contributed by atoms with van der Waals surface area (Å²) in [5, 5.41) is 6.03. The molecule has 0 radical (unpaired) electrons. The summed E-state index contributed by atoms with van der Waals surface area (Å²) in [7, 11) is 0. The second-order valence-corrected chi connectivity index (χ2v) is 7.53. The fraction of sp³-hybridized carbons (Fsp3) is 0.269. The summed E-state index contributed by atoms with van der Waals surface area (Å²) in [6.07, 6.45) is 2.00. The molecule has 0 unspecified atom stereocenters. The largest absolute Gasteiger partial charge is 0.494 e. The summed E-state index contributed by atoms with van der Waals surface area (Å²) in [6, 6.07) is 25.5. The number of para-hydroxylation sites is 2. The molecule has 5 heteroatoms. The van der Waals surface area contributed by atoms with Crippen LogP contribution >= 0.6 is 0 Å². The molecule has 0 spiro atoms. The summed E-state index contributed by atoms with van der Waals surface area (Å²) in [6.45, 7) is 4.74. The van der Waals surface area contributed by atoms with Crippen LogP contribution in [0.5, 0.6) is 11.5 Å². The first-order chi connectivity index (χ1) is 15.1. The number of aryl methyl sites for hydroxylation is 1. The van der Waals surface area contributed by atoms with E-state index in [1.807, 2.05) is 68.4 Å². The molecule has 3 aromatic rings. The van der Waals surface area contributed by atoms with Crippen LogP contribution in [0, 0.1) is 0 Å². The van der Waals surface area contributed by atoms with Gasteiger partial charge in [0, 0.05) is 5.69 Å². The highest BCUT2D eigenvalue weighted by Crippen LogP contribution is 2.24. The molecule has 162 valence electrons. The molecule has 0 aromatic heterocycles. The van der Waals surface area contributed by atoms with Crippen molar-refractivity contribution in [1.29, 1.82) is 0 Å². The second-order valence-electron chi connectivity index (χ2n) is 7.53. The van der Waals surface area contributed by atoms with E-state index in [9.17, 15) is 4.79 Å². The first-order valence-corrected chi connectivity index (χ1v) is 10.7. The lowest BCUT2D eigenvalue weighted by Gasteiger charge is -2.15. The zero-order valence-corrected chi connectivity index (χ0v) is 18.1. The van der Waals surface area contributed by atoms with E-state index in [0.717, 1.165) is 24.3 Å². The molecule has 0 saturated carbocycles. The molecule has 0 fully saturated rings. The maximum absolute atomic E-state index is 12.3. The van der Waals surface area contributed by atoms with Crippen LogP contribution < -0.4 is 20.1 Å². The van der Waals surface area contributed by atoms with Crippen LogP contribution in [0.2, 0.25) is 0 Å². The Balaban J connectivity index is 1.40. The first-order valence-electron chi connectivity index (χ1n) is 10.7. The Morgan fingerprint density at radius 1 is 0.903 bits per heavy atom. The molecule has 2 N–H and O–H groups in total. The van der Waals surface area contributed by atoms with Gasteiger partial charge in [-0.25, -0.2) is 0 Å². The fourth-order valence-electron chi connectivity index (χ4n) is 3.08. The highest BCUT2D eigenvalue weighted by molar-refractivity contribution is 5.95. The highest BCUT2D eigenvalue weighted by Gasteiger charge is 2.09. The molecule has 5 nitrogen and oxygen atoms in total. The van der Waals surface area contributed by atoms with Crippen molar-refractivity contribution in [2.75, 3.05) is 23.8 Å². The number of hydrogen-bond acceptors (Lipinski definition) is 4. The summed E-state index contributed by atoms with van der Waals surface area (Å²) in [5.41, 5.74) is 2.85. The fourth-order valence-corrected chi connectivity index (χ4v) is 3.08. The van der Waals surface area contributed by atoms with E-state index in [2.05, 4.69) is 34.9 Å². The molecular weight excluding hydrogens is 388 g/mol. The summed E-state index contributed by atoms with van der Waals surface area (Å²) in [4.78, 5) is 12.3. The van der Waals surface area contributed by atoms with Gasteiger partial charge in [-0.15, -0.1) is 0 Å². The molecule has 31 heavy (non-hydrogen) atoms. The Morgan fingerprint density at radius 3 is 2.35 bits per heavy atom. The number of nitrogens with one attached hydrogen (secondary N) is 2. The van der Waals surface area contributed by atoms with Crippen LogP contribution in [0.1, 0.15) is 25.8 Å². The molecule has 0 saturated heterocycles. The maximum atomic E-state index is 12.3. The van der Waals surface area contributed by atoms with Gasteiger partial charge in [0.1, 0.15) is 11.5 Å². The van der Waals surface area contributed by atoms with E-state index in [0.29, 0.717) is 18.0 Å². The highest BCUT2D eigenvalue weighted by atomic mass is 16.5. The average Bonchev–Trinajstić information content (AvgIpc) is 2.78.